The van der Waals surface area contributed by atoms with E-state index < -0.39 is 0 Å². The zero-order valence-electron chi connectivity index (χ0n) is 14.4. The maximum absolute atomic E-state index is 3.81. The fraction of sp³-hybridized carbons (Fsp3) is 0.0400. The molecule has 0 N–H and O–H groups in total. The molecule has 0 spiro atoms. The number of benzene rings is 3. The summed E-state index contributed by atoms with van der Waals surface area (Å²) in [5.74, 6) is 0. The van der Waals surface area contributed by atoms with E-state index in [9.17, 15) is 0 Å². The van der Waals surface area contributed by atoms with Crippen LogP contribution in [0.5, 0.6) is 0 Å². The molecule has 0 unspecified atom stereocenters. The van der Waals surface area contributed by atoms with Gasteiger partial charge in [-0.1, -0.05) is 110 Å². The Labute approximate surface area is 150 Å². The van der Waals surface area contributed by atoms with Gasteiger partial charge in [-0.05, 0) is 39.5 Å². The summed E-state index contributed by atoms with van der Waals surface area (Å²) in [6.07, 6.45) is 10.6. The van der Waals surface area contributed by atoms with Crippen LogP contribution in [0, 0.1) is 0 Å². The largest absolute Gasteiger partial charge is 0.0990 e. The Bertz CT molecular complexity index is 937. The van der Waals surface area contributed by atoms with Gasteiger partial charge in [-0.15, -0.1) is 0 Å². The quantitative estimate of drug-likeness (QED) is 0.441. The van der Waals surface area contributed by atoms with Crippen molar-refractivity contribution in [1.29, 1.82) is 0 Å². The number of allylic oxidation sites excluding steroid dienone is 5. The lowest BCUT2D eigenvalue weighted by Crippen LogP contribution is -1.88. The summed E-state index contributed by atoms with van der Waals surface area (Å²) in [6, 6.07) is 23.9. The minimum Gasteiger partial charge on any atom is -0.0990 e. The summed E-state index contributed by atoms with van der Waals surface area (Å²) in [6.45, 7) is 7.52. The van der Waals surface area contributed by atoms with Crippen molar-refractivity contribution in [3.8, 4) is 0 Å². The molecule has 0 heterocycles. The molecule has 0 radical (unpaired) electrons. The predicted molar refractivity (Wildman–Crippen MR) is 111 cm³/mol. The third-order valence-electron chi connectivity index (χ3n) is 4.22. The predicted octanol–water partition coefficient (Wildman–Crippen LogP) is 6.74. The number of fused-ring (bicyclic) bond motifs is 1. The summed E-state index contributed by atoms with van der Waals surface area (Å²) in [4.78, 5) is 0. The lowest BCUT2D eigenvalue weighted by molar-refractivity contribution is 1.20. The zero-order valence-corrected chi connectivity index (χ0v) is 14.4. The first kappa shape index (κ1) is 16.7. The van der Waals surface area contributed by atoms with E-state index in [0.29, 0.717) is 0 Å². The van der Waals surface area contributed by atoms with Crippen molar-refractivity contribution in [1.82, 2.24) is 0 Å². The van der Waals surface area contributed by atoms with Gasteiger partial charge < -0.3 is 0 Å². The molecule has 0 amide bonds. The highest BCUT2D eigenvalue weighted by Gasteiger charge is 1.99. The van der Waals surface area contributed by atoms with Crippen LogP contribution in [0.15, 0.2) is 110 Å². The second-order valence-electron chi connectivity index (χ2n) is 6.04. The van der Waals surface area contributed by atoms with Crippen molar-refractivity contribution in [2.45, 2.75) is 6.42 Å². The van der Waals surface area contributed by atoms with Crippen LogP contribution in [-0.4, -0.2) is 0 Å². The van der Waals surface area contributed by atoms with Gasteiger partial charge in [0.2, 0.25) is 0 Å². The molecular formula is C25H22. The van der Waals surface area contributed by atoms with Gasteiger partial charge in [-0.2, -0.15) is 0 Å². The fourth-order valence-corrected chi connectivity index (χ4v) is 2.85. The molecule has 3 rings (SSSR count). The molecule has 3 aromatic carbocycles. The first-order chi connectivity index (χ1) is 12.3. The smallest absolute Gasteiger partial charge is 0.00255 e. The number of hydrogen-bond acceptors (Lipinski definition) is 0. The van der Waals surface area contributed by atoms with E-state index in [1.54, 1.807) is 6.08 Å². The number of hydrogen-bond donors (Lipinski definition) is 0. The van der Waals surface area contributed by atoms with Crippen LogP contribution in [0.1, 0.15) is 16.7 Å². The Kier molecular flexibility index (Phi) is 5.43. The van der Waals surface area contributed by atoms with Crippen LogP contribution in [0.3, 0.4) is 0 Å². The molecule has 0 saturated carbocycles. The Balaban J connectivity index is 1.73. The minimum absolute atomic E-state index is 0.948. The average Bonchev–Trinajstić information content (AvgIpc) is 2.66. The van der Waals surface area contributed by atoms with Gasteiger partial charge in [-0.3, -0.25) is 0 Å². The fourth-order valence-electron chi connectivity index (χ4n) is 2.85. The maximum Gasteiger partial charge on any atom is -0.00255 e. The van der Waals surface area contributed by atoms with Gasteiger partial charge in [0, 0.05) is 0 Å². The van der Waals surface area contributed by atoms with Crippen LogP contribution >= 0.6 is 0 Å². The van der Waals surface area contributed by atoms with Crippen LogP contribution < -0.4 is 0 Å². The SMILES string of the molecule is C=C/C=C(C=C)/C=C/c1ccc(Cc2ccc3ccccc3c2)cc1. The summed E-state index contributed by atoms with van der Waals surface area (Å²) >= 11 is 0. The topological polar surface area (TPSA) is 0 Å². The molecule has 0 bridgehead atoms. The first-order valence-electron chi connectivity index (χ1n) is 8.48. The Morgan fingerprint density at radius 3 is 2.24 bits per heavy atom. The van der Waals surface area contributed by atoms with Crippen molar-refractivity contribution in [2.75, 3.05) is 0 Å². The van der Waals surface area contributed by atoms with Gasteiger partial charge in [0.1, 0.15) is 0 Å². The van der Waals surface area contributed by atoms with E-state index in [1.807, 2.05) is 18.2 Å². The third kappa shape index (κ3) is 4.45. The summed E-state index contributed by atoms with van der Waals surface area (Å²) < 4.78 is 0. The molecule has 0 saturated heterocycles. The number of rotatable bonds is 6. The van der Waals surface area contributed by atoms with E-state index in [0.717, 1.165) is 12.0 Å². The standard InChI is InChI=1S/C25H22/c1-3-7-20(4-2)10-11-21-12-14-22(15-13-21)18-23-16-17-24-8-5-6-9-25(24)19-23/h3-17,19H,1-2,18H2/b11-10+,20-7+. The molecule has 0 heteroatoms. The Morgan fingerprint density at radius 1 is 0.800 bits per heavy atom. The molecule has 0 aromatic heterocycles. The van der Waals surface area contributed by atoms with Gasteiger partial charge in [0.25, 0.3) is 0 Å². The van der Waals surface area contributed by atoms with Crippen LogP contribution in [0.2, 0.25) is 0 Å². The molecule has 0 aliphatic rings. The molecule has 25 heavy (non-hydrogen) atoms. The van der Waals surface area contributed by atoms with Gasteiger partial charge in [0.05, 0.1) is 0 Å². The molecule has 0 aliphatic carbocycles. The highest BCUT2D eigenvalue weighted by Crippen LogP contribution is 2.18. The van der Waals surface area contributed by atoms with Gasteiger partial charge in [-0.25, -0.2) is 0 Å². The Hall–Kier alpha value is -3.12. The van der Waals surface area contributed by atoms with Crippen molar-refractivity contribution in [2.24, 2.45) is 0 Å². The van der Waals surface area contributed by atoms with E-state index in [-0.39, 0.29) is 0 Å². The average molecular weight is 322 g/mol. The van der Waals surface area contributed by atoms with Crippen molar-refractivity contribution in [3.05, 3.63) is 126 Å². The first-order valence-corrected chi connectivity index (χ1v) is 8.48. The van der Waals surface area contributed by atoms with E-state index in [1.165, 1.54) is 27.5 Å². The lowest BCUT2D eigenvalue weighted by atomic mass is 10.0. The summed E-state index contributed by atoms with van der Waals surface area (Å²) in [5.41, 5.74) is 4.89. The van der Waals surface area contributed by atoms with Gasteiger partial charge in [0.15, 0.2) is 0 Å². The van der Waals surface area contributed by atoms with Gasteiger partial charge >= 0.3 is 0 Å². The monoisotopic (exact) mass is 322 g/mol. The summed E-state index contributed by atoms with van der Waals surface area (Å²) in [7, 11) is 0. The molecule has 0 fully saturated rings. The zero-order chi connectivity index (χ0) is 17.5. The molecule has 122 valence electrons. The van der Waals surface area contributed by atoms with E-state index in [4.69, 9.17) is 0 Å². The second kappa shape index (κ2) is 8.12. The van der Waals surface area contributed by atoms with Crippen molar-refractivity contribution >= 4 is 16.8 Å². The molecular weight excluding hydrogens is 300 g/mol. The highest BCUT2D eigenvalue weighted by molar-refractivity contribution is 5.83. The highest BCUT2D eigenvalue weighted by atomic mass is 14.0. The van der Waals surface area contributed by atoms with E-state index >= 15 is 0 Å². The molecule has 0 nitrogen and oxygen atoms in total. The summed E-state index contributed by atoms with van der Waals surface area (Å²) in [5, 5.41) is 2.59. The third-order valence-corrected chi connectivity index (χ3v) is 4.22. The van der Waals surface area contributed by atoms with Crippen LogP contribution in [-0.2, 0) is 6.42 Å². The Morgan fingerprint density at radius 2 is 1.52 bits per heavy atom. The normalized spacial score (nSPS) is 11.8. The molecule has 3 aromatic rings. The van der Waals surface area contributed by atoms with E-state index in [2.05, 4.69) is 86.0 Å². The lowest BCUT2D eigenvalue weighted by Gasteiger charge is -2.05. The maximum atomic E-state index is 3.81. The molecule has 0 aliphatic heterocycles. The van der Waals surface area contributed by atoms with Crippen LogP contribution in [0.4, 0.5) is 0 Å². The van der Waals surface area contributed by atoms with Crippen molar-refractivity contribution in [3.63, 3.8) is 0 Å². The van der Waals surface area contributed by atoms with Crippen molar-refractivity contribution < 1.29 is 0 Å². The van der Waals surface area contributed by atoms with Crippen LogP contribution in [0.25, 0.3) is 16.8 Å². The second-order valence-corrected chi connectivity index (χ2v) is 6.04. The molecule has 0 atom stereocenters. The minimum atomic E-state index is 0.948.